The molecule has 0 amide bonds. The summed E-state index contributed by atoms with van der Waals surface area (Å²) in [6.07, 6.45) is 3.10. The molecule has 3 rings (SSSR count). The molecule has 0 radical (unpaired) electrons. The molecule has 2 unspecified atom stereocenters. The van der Waals surface area contributed by atoms with Crippen LogP contribution in [0.4, 0.5) is 0 Å². The third kappa shape index (κ3) is 3.84. The maximum Gasteiger partial charge on any atom is 0.247 e. The summed E-state index contributed by atoms with van der Waals surface area (Å²) in [6, 6.07) is 9.75. The van der Waals surface area contributed by atoms with Crippen molar-refractivity contribution in [3.8, 4) is 11.5 Å². The largest absolute Gasteiger partial charge is 0.419 e. The summed E-state index contributed by atoms with van der Waals surface area (Å²) in [5.74, 6) is 1.66. The molecule has 1 saturated carbocycles. The van der Waals surface area contributed by atoms with Gasteiger partial charge in [0, 0.05) is 11.1 Å². The zero-order valence-corrected chi connectivity index (χ0v) is 14.7. The van der Waals surface area contributed by atoms with E-state index in [2.05, 4.69) is 36.3 Å². The van der Waals surface area contributed by atoms with Gasteiger partial charge in [-0.1, -0.05) is 39.0 Å². The van der Waals surface area contributed by atoms with Gasteiger partial charge in [0.1, 0.15) is 0 Å². The summed E-state index contributed by atoms with van der Waals surface area (Å²) in [5.41, 5.74) is 0.862. The third-order valence-electron chi connectivity index (χ3n) is 4.86. The van der Waals surface area contributed by atoms with Crippen LogP contribution in [0.1, 0.15) is 45.9 Å². The zero-order chi connectivity index (χ0) is 17.2. The highest BCUT2D eigenvalue weighted by Gasteiger charge is 2.42. The summed E-state index contributed by atoms with van der Waals surface area (Å²) in [5, 5.41) is 21.8. The van der Waals surface area contributed by atoms with Crippen molar-refractivity contribution in [2.24, 2.45) is 11.3 Å². The topological polar surface area (TPSA) is 71.2 Å². The summed E-state index contributed by atoms with van der Waals surface area (Å²) in [4.78, 5) is 0. The summed E-state index contributed by atoms with van der Waals surface area (Å²) >= 11 is 0. The van der Waals surface area contributed by atoms with E-state index in [4.69, 9.17) is 4.42 Å². The van der Waals surface area contributed by atoms with Gasteiger partial charge in [0.25, 0.3) is 0 Å². The Balaban J connectivity index is 1.69. The quantitative estimate of drug-likeness (QED) is 0.879. The first kappa shape index (κ1) is 17.1. The molecule has 0 aliphatic heterocycles. The van der Waals surface area contributed by atoms with Crippen molar-refractivity contribution >= 4 is 0 Å². The molecule has 2 aromatic rings. The molecule has 5 nitrogen and oxygen atoms in total. The maximum absolute atomic E-state index is 10.0. The summed E-state index contributed by atoms with van der Waals surface area (Å²) in [7, 11) is 0. The molecule has 0 saturated heterocycles. The van der Waals surface area contributed by atoms with Crippen LogP contribution < -0.4 is 5.32 Å². The average Bonchev–Trinajstić information content (AvgIpc) is 3.01. The Morgan fingerprint density at radius 1 is 1.21 bits per heavy atom. The Kier molecular flexibility index (Phi) is 4.74. The molecule has 1 fully saturated rings. The maximum atomic E-state index is 10.0. The molecule has 1 heterocycles. The van der Waals surface area contributed by atoms with Gasteiger partial charge in [0.2, 0.25) is 11.8 Å². The van der Waals surface area contributed by atoms with Crippen LogP contribution in [0.2, 0.25) is 0 Å². The van der Waals surface area contributed by atoms with Gasteiger partial charge in [-0.3, -0.25) is 0 Å². The average molecular weight is 329 g/mol. The fourth-order valence-electron chi connectivity index (χ4n) is 4.34. The van der Waals surface area contributed by atoms with Crippen molar-refractivity contribution in [3.05, 3.63) is 36.2 Å². The van der Waals surface area contributed by atoms with E-state index in [0.717, 1.165) is 18.4 Å². The van der Waals surface area contributed by atoms with Gasteiger partial charge in [-0.05, 0) is 42.7 Å². The first-order valence-corrected chi connectivity index (χ1v) is 8.65. The SMILES string of the molecule is CC1CC(C)(C)CC(CO)(NCc2nnc(-c3ccccc3)o2)C1. The Labute approximate surface area is 143 Å². The standard InChI is InChI=1S/C19H27N3O2/c1-14-9-18(2,3)12-19(10-14,13-23)20-11-16-21-22-17(24-16)15-7-5-4-6-8-15/h4-8,14,20,23H,9-13H2,1-3H3. The molecular weight excluding hydrogens is 302 g/mol. The predicted molar refractivity (Wildman–Crippen MR) is 93.2 cm³/mol. The number of nitrogens with zero attached hydrogens (tertiary/aromatic N) is 2. The molecule has 0 spiro atoms. The van der Waals surface area contributed by atoms with Crippen molar-refractivity contribution < 1.29 is 9.52 Å². The lowest BCUT2D eigenvalue weighted by atomic mass is 9.64. The number of benzene rings is 1. The van der Waals surface area contributed by atoms with Gasteiger partial charge in [-0.2, -0.15) is 0 Å². The molecule has 2 atom stereocenters. The number of rotatable bonds is 5. The minimum Gasteiger partial charge on any atom is -0.419 e. The van der Waals surface area contributed by atoms with Crippen LogP contribution in [-0.2, 0) is 6.54 Å². The van der Waals surface area contributed by atoms with Gasteiger partial charge in [-0.25, -0.2) is 0 Å². The van der Waals surface area contributed by atoms with Crippen LogP contribution in [0.25, 0.3) is 11.5 Å². The van der Waals surface area contributed by atoms with Crippen LogP contribution in [0.3, 0.4) is 0 Å². The number of nitrogens with one attached hydrogen (secondary N) is 1. The molecule has 5 heteroatoms. The van der Waals surface area contributed by atoms with Crippen molar-refractivity contribution in [1.82, 2.24) is 15.5 Å². The van der Waals surface area contributed by atoms with Gasteiger partial charge in [-0.15, -0.1) is 10.2 Å². The number of hydrogen-bond acceptors (Lipinski definition) is 5. The first-order valence-electron chi connectivity index (χ1n) is 8.65. The van der Waals surface area contributed by atoms with Crippen LogP contribution >= 0.6 is 0 Å². The zero-order valence-electron chi connectivity index (χ0n) is 14.7. The third-order valence-corrected chi connectivity index (χ3v) is 4.86. The van der Waals surface area contributed by atoms with Gasteiger partial charge in [0.15, 0.2) is 0 Å². The molecule has 1 aliphatic rings. The van der Waals surface area contributed by atoms with E-state index in [9.17, 15) is 5.11 Å². The second kappa shape index (κ2) is 6.65. The van der Waals surface area contributed by atoms with Crippen LogP contribution in [0.15, 0.2) is 34.7 Å². The normalized spacial score (nSPS) is 26.4. The van der Waals surface area contributed by atoms with E-state index in [0.29, 0.717) is 24.2 Å². The number of aliphatic hydroxyl groups is 1. The highest BCUT2D eigenvalue weighted by Crippen LogP contribution is 2.43. The molecule has 130 valence electrons. The second-order valence-corrected chi connectivity index (χ2v) is 8.01. The Bertz CT molecular complexity index is 668. The van der Waals surface area contributed by atoms with E-state index < -0.39 is 0 Å². The number of aliphatic hydroxyl groups excluding tert-OH is 1. The minimum absolute atomic E-state index is 0.125. The molecule has 2 N–H and O–H groups in total. The van der Waals surface area contributed by atoms with E-state index >= 15 is 0 Å². The lowest BCUT2D eigenvalue weighted by molar-refractivity contribution is 0.0338. The lowest BCUT2D eigenvalue weighted by Crippen LogP contribution is -2.54. The lowest BCUT2D eigenvalue weighted by Gasteiger charge is -2.47. The Hall–Kier alpha value is -1.72. The van der Waals surface area contributed by atoms with Gasteiger partial charge < -0.3 is 14.8 Å². The van der Waals surface area contributed by atoms with Crippen LogP contribution in [-0.4, -0.2) is 27.4 Å². The Morgan fingerprint density at radius 3 is 2.62 bits per heavy atom. The predicted octanol–water partition coefficient (Wildman–Crippen LogP) is 3.40. The fourth-order valence-corrected chi connectivity index (χ4v) is 4.34. The first-order chi connectivity index (χ1) is 11.4. The van der Waals surface area contributed by atoms with Crippen molar-refractivity contribution in [2.75, 3.05) is 6.61 Å². The summed E-state index contributed by atoms with van der Waals surface area (Å²) < 4.78 is 5.76. The van der Waals surface area contributed by atoms with E-state index in [1.807, 2.05) is 30.3 Å². The molecule has 0 bridgehead atoms. The van der Waals surface area contributed by atoms with Crippen LogP contribution in [0, 0.1) is 11.3 Å². The minimum atomic E-state index is -0.275. The Morgan fingerprint density at radius 2 is 1.96 bits per heavy atom. The number of aromatic nitrogens is 2. The van der Waals surface area contributed by atoms with Gasteiger partial charge in [0.05, 0.1) is 13.2 Å². The highest BCUT2D eigenvalue weighted by molar-refractivity contribution is 5.51. The van der Waals surface area contributed by atoms with E-state index in [-0.39, 0.29) is 17.6 Å². The van der Waals surface area contributed by atoms with Crippen LogP contribution in [0.5, 0.6) is 0 Å². The summed E-state index contributed by atoms with van der Waals surface area (Å²) in [6.45, 7) is 7.40. The molecule has 1 aliphatic carbocycles. The van der Waals surface area contributed by atoms with E-state index in [1.54, 1.807) is 0 Å². The van der Waals surface area contributed by atoms with Crippen molar-refractivity contribution in [2.45, 2.75) is 52.1 Å². The van der Waals surface area contributed by atoms with E-state index in [1.165, 1.54) is 6.42 Å². The van der Waals surface area contributed by atoms with Gasteiger partial charge >= 0.3 is 0 Å². The monoisotopic (exact) mass is 329 g/mol. The second-order valence-electron chi connectivity index (χ2n) is 8.01. The smallest absolute Gasteiger partial charge is 0.247 e. The van der Waals surface area contributed by atoms with Crippen molar-refractivity contribution in [1.29, 1.82) is 0 Å². The van der Waals surface area contributed by atoms with Crippen molar-refractivity contribution in [3.63, 3.8) is 0 Å². The molecular formula is C19H27N3O2. The number of hydrogen-bond donors (Lipinski definition) is 2. The molecule has 1 aromatic carbocycles. The fraction of sp³-hybridized carbons (Fsp3) is 0.579. The molecule has 1 aromatic heterocycles. The highest BCUT2D eigenvalue weighted by atomic mass is 16.4. The molecule has 24 heavy (non-hydrogen) atoms.